The van der Waals surface area contributed by atoms with Crippen LogP contribution in [0.3, 0.4) is 0 Å². The molecule has 0 spiro atoms. The Bertz CT molecular complexity index is 1410. The van der Waals surface area contributed by atoms with Crippen LogP contribution in [-0.4, -0.2) is 55.3 Å². The van der Waals surface area contributed by atoms with Crippen LogP contribution < -0.4 is 29.9 Å². The van der Waals surface area contributed by atoms with Gasteiger partial charge < -0.3 is 20.1 Å². The number of benzene rings is 1. The number of fused-ring (bicyclic) bond motifs is 1. The summed E-state index contributed by atoms with van der Waals surface area (Å²) in [6, 6.07) is 1.01. The summed E-state index contributed by atoms with van der Waals surface area (Å²) in [7, 11) is 4.57. The molecule has 11 heteroatoms. The first-order valence-electron chi connectivity index (χ1n) is 15.4. The number of nitrogens with zero attached hydrogens (tertiary/aromatic N) is 4. The summed E-state index contributed by atoms with van der Waals surface area (Å²) in [5.74, 6) is 2.04. The highest BCUT2D eigenvalue weighted by molar-refractivity contribution is 6.06. The molecule has 0 saturated heterocycles. The van der Waals surface area contributed by atoms with Gasteiger partial charge in [-0.25, -0.2) is 14.2 Å². The largest absolute Gasteiger partial charge is 0.496 e. The maximum Gasteiger partial charge on any atom is 0.330 e. The van der Waals surface area contributed by atoms with Crippen molar-refractivity contribution >= 4 is 29.4 Å². The first-order chi connectivity index (χ1) is 20.8. The van der Waals surface area contributed by atoms with Gasteiger partial charge in [0, 0.05) is 42.5 Å². The first-order valence-corrected chi connectivity index (χ1v) is 15.4. The molecule has 0 bridgehead atoms. The lowest BCUT2D eigenvalue weighted by molar-refractivity contribution is -0.117. The number of hydrogen-bond donors (Lipinski definition) is 2. The van der Waals surface area contributed by atoms with Crippen LogP contribution in [0.4, 0.5) is 26.6 Å². The number of carbonyl (C=O) groups excluding carboxylic acids is 2. The van der Waals surface area contributed by atoms with Crippen molar-refractivity contribution in [2.75, 3.05) is 36.4 Å². The van der Waals surface area contributed by atoms with Crippen molar-refractivity contribution < 1.29 is 23.5 Å². The summed E-state index contributed by atoms with van der Waals surface area (Å²) < 4.78 is 26.7. The van der Waals surface area contributed by atoms with E-state index in [1.165, 1.54) is 48.7 Å². The Morgan fingerprint density at radius 3 is 2.49 bits per heavy atom. The van der Waals surface area contributed by atoms with E-state index in [1.54, 1.807) is 26.4 Å². The van der Waals surface area contributed by atoms with Gasteiger partial charge in [0.1, 0.15) is 11.6 Å². The molecule has 0 radical (unpaired) electrons. The van der Waals surface area contributed by atoms with E-state index in [4.69, 9.17) is 14.5 Å². The number of carbonyl (C=O) groups is 2. The molecule has 2 aromatic rings. The number of rotatable bonds is 9. The van der Waals surface area contributed by atoms with Crippen molar-refractivity contribution in [3.63, 3.8) is 0 Å². The zero-order chi connectivity index (χ0) is 30.2. The van der Waals surface area contributed by atoms with Crippen LogP contribution in [-0.2, 0) is 11.3 Å². The molecule has 230 valence electrons. The summed E-state index contributed by atoms with van der Waals surface area (Å²) in [4.78, 5) is 38.3. The van der Waals surface area contributed by atoms with Crippen LogP contribution in [0.1, 0.15) is 74.8 Å². The maximum atomic E-state index is 15.8. The molecule has 3 saturated carbocycles. The Hall–Kier alpha value is -3.89. The van der Waals surface area contributed by atoms with Crippen molar-refractivity contribution in [3.05, 3.63) is 41.9 Å². The zero-order valence-corrected chi connectivity index (χ0v) is 25.2. The fourth-order valence-corrected chi connectivity index (χ4v) is 7.31. The number of methoxy groups -OCH3 is 2. The number of anilines is 3. The van der Waals surface area contributed by atoms with E-state index in [1.807, 2.05) is 0 Å². The van der Waals surface area contributed by atoms with E-state index in [0.717, 1.165) is 38.0 Å². The minimum absolute atomic E-state index is 0.0223. The van der Waals surface area contributed by atoms with Crippen LogP contribution in [0.5, 0.6) is 11.5 Å². The van der Waals surface area contributed by atoms with Gasteiger partial charge in [0.25, 0.3) is 0 Å². The van der Waals surface area contributed by atoms with Gasteiger partial charge in [0.15, 0.2) is 11.6 Å². The van der Waals surface area contributed by atoms with Gasteiger partial charge in [-0.2, -0.15) is 4.98 Å². The molecule has 2 N–H and O–H groups in total. The Kier molecular flexibility index (Phi) is 8.15. The van der Waals surface area contributed by atoms with Crippen molar-refractivity contribution in [1.29, 1.82) is 0 Å². The quantitative estimate of drug-likeness (QED) is 0.369. The van der Waals surface area contributed by atoms with E-state index in [2.05, 4.69) is 22.2 Å². The summed E-state index contributed by atoms with van der Waals surface area (Å²) >= 11 is 0. The molecule has 43 heavy (non-hydrogen) atoms. The molecule has 1 unspecified atom stereocenters. The highest BCUT2D eigenvalue weighted by Gasteiger charge is 2.40. The third-order valence-electron chi connectivity index (χ3n) is 9.69. The Labute approximate surface area is 252 Å². The molecular weight excluding hydrogens is 551 g/mol. The molecule has 1 aromatic heterocycles. The van der Waals surface area contributed by atoms with E-state index in [-0.39, 0.29) is 41.9 Å². The Morgan fingerprint density at radius 2 is 1.81 bits per heavy atom. The van der Waals surface area contributed by atoms with E-state index in [0.29, 0.717) is 34.6 Å². The summed E-state index contributed by atoms with van der Waals surface area (Å²) in [5, 5.41) is 6.59. The molecule has 1 aliphatic heterocycles. The lowest BCUT2D eigenvalue weighted by atomic mass is 9.75. The van der Waals surface area contributed by atoms with Gasteiger partial charge in [-0.15, -0.1) is 0 Å². The second kappa shape index (κ2) is 12.0. The molecule has 3 atom stereocenters. The standard InChI is InChI=1S/C32H41FN6O4/c1-5-26(40)35-23-14-20(18-8-6-7-9-18)12-13-22(23)36-31-34-16-21-17-39(32(41)38(2)30(21)37-31)29-27(19-10-11-19)24(42-3)15-25(43-4)28(29)33/h5,15-16,18-20,22-23H,1,6-14,17H2,2-4H3,(H,35,40)(H,34,36,37)/t20?,22-,23+/m1/s1. The smallest absolute Gasteiger partial charge is 0.330 e. The molecule has 3 aliphatic carbocycles. The number of aromatic nitrogens is 2. The van der Waals surface area contributed by atoms with Crippen LogP contribution in [0.15, 0.2) is 24.9 Å². The molecule has 3 fully saturated rings. The number of halogens is 1. The third kappa shape index (κ3) is 5.61. The average molecular weight is 593 g/mol. The van der Waals surface area contributed by atoms with Crippen LogP contribution in [0.2, 0.25) is 0 Å². The number of urea groups is 1. The number of hydrogen-bond acceptors (Lipinski definition) is 7. The van der Waals surface area contributed by atoms with Crippen molar-refractivity contribution in [2.45, 2.75) is 82.3 Å². The second-order valence-electron chi connectivity index (χ2n) is 12.3. The molecule has 1 aromatic carbocycles. The monoisotopic (exact) mass is 592 g/mol. The summed E-state index contributed by atoms with van der Waals surface area (Å²) in [6.45, 7) is 3.74. The Balaban J connectivity index is 1.26. The van der Waals surface area contributed by atoms with Crippen LogP contribution in [0, 0.1) is 17.7 Å². The number of amides is 3. The average Bonchev–Trinajstić information content (AvgIpc) is 3.71. The maximum absolute atomic E-state index is 15.8. The first kappa shape index (κ1) is 29.2. The molecule has 3 amide bonds. The van der Waals surface area contributed by atoms with Gasteiger partial charge >= 0.3 is 6.03 Å². The fourth-order valence-electron chi connectivity index (χ4n) is 7.31. The van der Waals surface area contributed by atoms with E-state index < -0.39 is 11.8 Å². The van der Waals surface area contributed by atoms with Crippen LogP contribution in [0.25, 0.3) is 0 Å². The van der Waals surface area contributed by atoms with E-state index in [9.17, 15) is 9.59 Å². The molecule has 4 aliphatic rings. The lowest BCUT2D eigenvalue weighted by Gasteiger charge is -2.39. The van der Waals surface area contributed by atoms with Crippen molar-refractivity contribution in [2.24, 2.45) is 11.8 Å². The fraction of sp³-hybridized carbons (Fsp3) is 0.562. The zero-order valence-electron chi connectivity index (χ0n) is 25.2. The van der Waals surface area contributed by atoms with Crippen molar-refractivity contribution in [1.82, 2.24) is 15.3 Å². The topological polar surface area (TPSA) is 109 Å². The molecule has 2 heterocycles. The molecular formula is C32H41FN6O4. The van der Waals surface area contributed by atoms with Gasteiger partial charge in [-0.1, -0.05) is 32.3 Å². The number of ether oxygens (including phenoxy) is 2. The number of nitrogens with one attached hydrogen (secondary N) is 2. The van der Waals surface area contributed by atoms with Crippen molar-refractivity contribution in [3.8, 4) is 11.5 Å². The minimum Gasteiger partial charge on any atom is -0.496 e. The predicted octanol–water partition coefficient (Wildman–Crippen LogP) is 5.53. The van der Waals surface area contributed by atoms with Gasteiger partial charge in [0.05, 0.1) is 26.5 Å². The van der Waals surface area contributed by atoms with Gasteiger partial charge in [-0.3, -0.25) is 14.6 Å². The highest BCUT2D eigenvalue weighted by Crippen LogP contribution is 2.52. The second-order valence-corrected chi connectivity index (χ2v) is 12.3. The van der Waals surface area contributed by atoms with Gasteiger partial charge in [-0.05, 0) is 55.9 Å². The third-order valence-corrected chi connectivity index (χ3v) is 9.69. The summed E-state index contributed by atoms with van der Waals surface area (Å²) in [5.41, 5.74) is 1.56. The highest BCUT2D eigenvalue weighted by atomic mass is 19.1. The predicted molar refractivity (Wildman–Crippen MR) is 162 cm³/mol. The normalized spacial score (nSPS) is 24.0. The van der Waals surface area contributed by atoms with Crippen LogP contribution >= 0.6 is 0 Å². The van der Waals surface area contributed by atoms with Gasteiger partial charge in [0.2, 0.25) is 11.9 Å². The lowest BCUT2D eigenvalue weighted by Crippen LogP contribution is -2.51. The Morgan fingerprint density at radius 1 is 1.07 bits per heavy atom. The molecule has 10 nitrogen and oxygen atoms in total. The minimum atomic E-state index is -0.588. The molecule has 6 rings (SSSR count). The summed E-state index contributed by atoms with van der Waals surface area (Å²) in [6.07, 6.45) is 12.8. The SMILES string of the molecule is C=CC(=O)N[C@H]1CC(C2CCCC2)CC[C@H]1Nc1ncc2c(n1)N(C)C(=O)N(c1c(F)c(OC)cc(OC)c1C1CC1)C2. The van der Waals surface area contributed by atoms with E-state index >= 15 is 4.39 Å².